The zero-order valence-corrected chi connectivity index (χ0v) is 20.0. The highest BCUT2D eigenvalue weighted by Gasteiger charge is 2.17. The fraction of sp³-hybridized carbons (Fsp3) is 0.0476. The van der Waals surface area contributed by atoms with Crippen LogP contribution in [0.1, 0.15) is 10.4 Å². The van der Waals surface area contributed by atoms with E-state index in [2.05, 4.69) is 15.0 Å². The number of amides is 1. The van der Waals surface area contributed by atoms with E-state index in [-0.39, 0.29) is 26.2 Å². The summed E-state index contributed by atoms with van der Waals surface area (Å²) in [5.41, 5.74) is 0.888. The van der Waals surface area contributed by atoms with Crippen molar-refractivity contribution < 1.29 is 26.4 Å². The third-order valence-electron chi connectivity index (χ3n) is 4.66. The number of hydrogen-bond donors (Lipinski definition) is 3. The van der Waals surface area contributed by atoms with Crippen molar-refractivity contribution in [2.24, 2.45) is 5.14 Å². The van der Waals surface area contributed by atoms with E-state index in [9.17, 15) is 21.6 Å². The second-order valence-electron chi connectivity index (χ2n) is 7.01. The molecule has 3 aromatic carbocycles. The largest absolute Gasteiger partial charge is 0.497 e. The van der Waals surface area contributed by atoms with E-state index in [4.69, 9.17) is 9.88 Å². The SMILES string of the molecule is COc1ccc(S(=O)(=O)Nc2cccc(C(=O)Nc3nc4ccc(S(N)(=O)=O)cc4s3)c2)cc1. The van der Waals surface area contributed by atoms with E-state index >= 15 is 0 Å². The minimum Gasteiger partial charge on any atom is -0.497 e. The van der Waals surface area contributed by atoms with Gasteiger partial charge in [-0.15, -0.1) is 0 Å². The first-order chi connectivity index (χ1) is 16.0. The molecular weight excluding hydrogens is 500 g/mol. The summed E-state index contributed by atoms with van der Waals surface area (Å²) in [5, 5.41) is 8.03. The van der Waals surface area contributed by atoms with Crippen molar-refractivity contribution in [1.29, 1.82) is 0 Å². The van der Waals surface area contributed by atoms with Gasteiger partial charge in [-0.2, -0.15) is 0 Å². The van der Waals surface area contributed by atoms with Crippen LogP contribution in [0.25, 0.3) is 10.2 Å². The third-order valence-corrected chi connectivity index (χ3v) is 7.90. The van der Waals surface area contributed by atoms with Crippen molar-refractivity contribution in [1.82, 2.24) is 4.98 Å². The normalized spacial score (nSPS) is 11.8. The van der Waals surface area contributed by atoms with Crippen molar-refractivity contribution in [2.75, 3.05) is 17.1 Å². The van der Waals surface area contributed by atoms with Crippen LogP contribution in [0.2, 0.25) is 0 Å². The van der Waals surface area contributed by atoms with Gasteiger partial charge in [-0.25, -0.2) is 27.0 Å². The Morgan fingerprint density at radius 1 is 0.971 bits per heavy atom. The van der Waals surface area contributed by atoms with Crippen LogP contribution in [0.15, 0.2) is 76.5 Å². The smallest absolute Gasteiger partial charge is 0.261 e. The summed E-state index contributed by atoms with van der Waals surface area (Å²) in [6.07, 6.45) is 0. The Morgan fingerprint density at radius 2 is 1.68 bits per heavy atom. The minimum atomic E-state index is -3.88. The lowest BCUT2D eigenvalue weighted by molar-refractivity contribution is 0.102. The number of methoxy groups -OCH3 is 1. The van der Waals surface area contributed by atoms with E-state index in [0.717, 1.165) is 11.3 Å². The maximum atomic E-state index is 12.7. The van der Waals surface area contributed by atoms with E-state index in [1.807, 2.05) is 0 Å². The molecule has 10 nitrogen and oxygen atoms in total. The Balaban J connectivity index is 1.52. The Bertz CT molecular complexity index is 1600. The molecule has 0 spiro atoms. The van der Waals surface area contributed by atoms with E-state index in [0.29, 0.717) is 16.0 Å². The number of sulfonamides is 2. The first kappa shape index (κ1) is 23.6. The van der Waals surface area contributed by atoms with E-state index in [1.165, 1.54) is 73.8 Å². The van der Waals surface area contributed by atoms with Gasteiger partial charge in [0.1, 0.15) is 5.75 Å². The lowest BCUT2D eigenvalue weighted by Gasteiger charge is -2.10. The topological polar surface area (TPSA) is 158 Å². The van der Waals surface area contributed by atoms with Crippen LogP contribution in [-0.2, 0) is 20.0 Å². The molecule has 0 radical (unpaired) electrons. The zero-order valence-electron chi connectivity index (χ0n) is 17.5. The van der Waals surface area contributed by atoms with Crippen LogP contribution in [-0.4, -0.2) is 34.8 Å². The highest BCUT2D eigenvalue weighted by Crippen LogP contribution is 2.28. The Morgan fingerprint density at radius 3 is 2.35 bits per heavy atom. The Kier molecular flexibility index (Phi) is 6.27. The second kappa shape index (κ2) is 9.02. The molecule has 176 valence electrons. The minimum absolute atomic E-state index is 0.0384. The molecule has 1 amide bonds. The molecule has 0 aliphatic heterocycles. The maximum Gasteiger partial charge on any atom is 0.261 e. The molecule has 0 unspecified atom stereocenters. The molecular formula is C21H18N4O6S3. The zero-order chi connectivity index (χ0) is 24.5. The number of ether oxygens (including phenoxy) is 1. The summed E-state index contributed by atoms with van der Waals surface area (Å²) >= 11 is 1.08. The molecule has 13 heteroatoms. The molecule has 0 atom stereocenters. The average molecular weight is 519 g/mol. The molecule has 0 saturated heterocycles. The lowest BCUT2D eigenvalue weighted by Crippen LogP contribution is -2.15. The number of nitrogens with two attached hydrogens (primary N) is 1. The number of carbonyl (C=O) groups is 1. The number of nitrogens with one attached hydrogen (secondary N) is 2. The van der Waals surface area contributed by atoms with Crippen LogP contribution in [0, 0.1) is 0 Å². The van der Waals surface area contributed by atoms with Gasteiger partial charge in [-0.1, -0.05) is 17.4 Å². The number of primary sulfonamides is 1. The maximum absolute atomic E-state index is 12.7. The van der Waals surface area contributed by atoms with Crippen molar-refractivity contribution in [3.8, 4) is 5.75 Å². The summed E-state index contributed by atoms with van der Waals surface area (Å²) in [6.45, 7) is 0. The van der Waals surface area contributed by atoms with Crippen LogP contribution in [0.3, 0.4) is 0 Å². The number of anilines is 2. The molecule has 1 heterocycles. The van der Waals surface area contributed by atoms with Crippen molar-refractivity contribution in [2.45, 2.75) is 9.79 Å². The van der Waals surface area contributed by atoms with Gasteiger partial charge in [-0.3, -0.25) is 14.8 Å². The van der Waals surface area contributed by atoms with Crippen molar-refractivity contribution in [3.05, 3.63) is 72.3 Å². The van der Waals surface area contributed by atoms with Gasteiger partial charge in [0.15, 0.2) is 5.13 Å². The molecule has 0 aliphatic carbocycles. The standard InChI is InChI=1S/C21H18N4O6S3/c1-31-15-5-7-16(8-6-15)34(29,30)25-14-4-2-3-13(11-14)20(26)24-21-23-18-10-9-17(33(22,27)28)12-19(18)32-21/h2-12,25H,1H3,(H2,22,27,28)(H,23,24,26). The fourth-order valence-corrected chi connectivity index (χ4v) is 5.56. The molecule has 1 aromatic heterocycles. The summed E-state index contributed by atoms with van der Waals surface area (Å²) in [7, 11) is -6.26. The molecule has 0 fully saturated rings. The van der Waals surface area contributed by atoms with Gasteiger partial charge in [0, 0.05) is 11.3 Å². The predicted octanol–water partition coefficient (Wildman–Crippen LogP) is 3.01. The first-order valence-corrected chi connectivity index (χ1v) is 13.4. The number of fused-ring (bicyclic) bond motifs is 1. The summed E-state index contributed by atoms with van der Waals surface area (Å²) in [5.74, 6) is 0.00423. The van der Waals surface area contributed by atoms with Gasteiger partial charge < -0.3 is 4.74 Å². The van der Waals surface area contributed by atoms with Gasteiger partial charge >= 0.3 is 0 Å². The molecule has 0 bridgehead atoms. The van der Waals surface area contributed by atoms with Crippen LogP contribution < -0.4 is 19.9 Å². The highest BCUT2D eigenvalue weighted by atomic mass is 32.2. The van der Waals surface area contributed by atoms with Crippen LogP contribution >= 0.6 is 11.3 Å². The average Bonchev–Trinajstić information content (AvgIpc) is 3.20. The van der Waals surface area contributed by atoms with E-state index < -0.39 is 26.0 Å². The molecule has 4 aromatic rings. The summed E-state index contributed by atoms with van der Waals surface area (Å²) in [4.78, 5) is 17.0. The molecule has 0 aliphatic rings. The number of benzene rings is 3. The van der Waals surface area contributed by atoms with Crippen molar-refractivity contribution in [3.63, 3.8) is 0 Å². The Hall–Kier alpha value is -3.52. The number of thiazole rings is 1. The highest BCUT2D eigenvalue weighted by molar-refractivity contribution is 7.92. The van der Waals surface area contributed by atoms with Gasteiger partial charge in [0.2, 0.25) is 10.0 Å². The monoisotopic (exact) mass is 518 g/mol. The first-order valence-electron chi connectivity index (χ1n) is 9.57. The number of hydrogen-bond acceptors (Lipinski definition) is 8. The van der Waals surface area contributed by atoms with E-state index in [1.54, 1.807) is 0 Å². The molecule has 0 saturated carbocycles. The lowest BCUT2D eigenvalue weighted by atomic mass is 10.2. The van der Waals surface area contributed by atoms with Crippen LogP contribution in [0.4, 0.5) is 10.8 Å². The fourth-order valence-electron chi connectivity index (χ4n) is 3.00. The summed E-state index contributed by atoms with van der Waals surface area (Å²) < 4.78 is 56.4. The van der Waals surface area contributed by atoms with Crippen LogP contribution in [0.5, 0.6) is 5.75 Å². The number of aromatic nitrogens is 1. The van der Waals surface area contributed by atoms with Gasteiger partial charge in [0.25, 0.3) is 15.9 Å². The number of nitrogens with zero attached hydrogens (tertiary/aromatic N) is 1. The molecule has 4 N–H and O–H groups in total. The number of rotatable bonds is 7. The predicted molar refractivity (Wildman–Crippen MR) is 129 cm³/mol. The van der Waals surface area contributed by atoms with Gasteiger partial charge in [0.05, 0.1) is 27.1 Å². The summed E-state index contributed by atoms with van der Waals surface area (Å²) in [6, 6.07) is 16.1. The quantitative estimate of drug-likeness (QED) is 0.339. The third kappa shape index (κ3) is 5.17. The Labute approximate surface area is 199 Å². The van der Waals surface area contributed by atoms with Crippen molar-refractivity contribution >= 4 is 58.3 Å². The van der Waals surface area contributed by atoms with Gasteiger partial charge in [-0.05, 0) is 60.7 Å². The number of carbonyl (C=O) groups excluding carboxylic acids is 1. The molecule has 34 heavy (non-hydrogen) atoms. The molecule has 4 rings (SSSR count). The second-order valence-corrected chi connectivity index (χ2v) is 11.3.